The number of hydrogen-bond donors (Lipinski definition) is 0. The van der Waals surface area contributed by atoms with Crippen LogP contribution in [0.1, 0.15) is 27.0 Å². The van der Waals surface area contributed by atoms with Gasteiger partial charge in [0.05, 0.1) is 18.5 Å². The summed E-state index contributed by atoms with van der Waals surface area (Å²) in [4.78, 5) is 30.4. The summed E-state index contributed by atoms with van der Waals surface area (Å²) in [5.74, 6) is -1.58. The summed E-state index contributed by atoms with van der Waals surface area (Å²) in [5.41, 5.74) is 2.36. The Morgan fingerprint density at radius 1 is 0.929 bits per heavy atom. The summed E-state index contributed by atoms with van der Waals surface area (Å²) in [6.07, 6.45) is 0.606. The van der Waals surface area contributed by atoms with Crippen molar-refractivity contribution in [1.29, 1.82) is 0 Å². The molecule has 2 aliphatic rings. The number of nitrogens with zero attached hydrogens (tertiary/aromatic N) is 2. The van der Waals surface area contributed by atoms with Crippen LogP contribution in [0.15, 0.2) is 47.5 Å². The van der Waals surface area contributed by atoms with Gasteiger partial charge in [0, 0.05) is 6.54 Å². The Kier molecular flexibility index (Phi) is 5.06. The fraction of sp³-hybridized carbons (Fsp3) is 0.286. The molecule has 144 valence electrons. The van der Waals surface area contributed by atoms with Crippen LogP contribution in [-0.2, 0) is 33.7 Å². The number of amides is 1. The Labute approximate surface area is 161 Å². The number of halogens is 1. The molecule has 0 spiro atoms. The molecule has 0 bridgehead atoms. The number of hydrogen-bond acceptors (Lipinski definition) is 5. The van der Waals surface area contributed by atoms with Gasteiger partial charge in [0.1, 0.15) is 19.0 Å². The average molecular weight is 382 g/mol. The summed E-state index contributed by atoms with van der Waals surface area (Å²) in [5, 5.41) is 0. The molecule has 0 saturated heterocycles. The van der Waals surface area contributed by atoms with E-state index in [1.807, 2.05) is 24.3 Å². The van der Waals surface area contributed by atoms with Gasteiger partial charge in [-0.2, -0.15) is 4.99 Å². The van der Waals surface area contributed by atoms with Crippen molar-refractivity contribution in [3.05, 3.63) is 70.5 Å². The predicted molar refractivity (Wildman–Crippen MR) is 99.3 cm³/mol. The van der Waals surface area contributed by atoms with E-state index in [2.05, 4.69) is 4.99 Å². The molecule has 2 aromatic rings. The number of cyclic esters (lactones) is 1. The van der Waals surface area contributed by atoms with Crippen LogP contribution < -0.4 is 0 Å². The zero-order valence-electron chi connectivity index (χ0n) is 15.2. The molecule has 4 rings (SSSR count). The van der Waals surface area contributed by atoms with Crippen molar-refractivity contribution in [3.8, 4) is 0 Å². The second-order valence-electron chi connectivity index (χ2n) is 6.67. The van der Waals surface area contributed by atoms with Gasteiger partial charge >= 0.3 is 5.97 Å². The summed E-state index contributed by atoms with van der Waals surface area (Å²) in [6.45, 7) is 1.06. The molecule has 2 aliphatic heterocycles. The maximum Gasteiger partial charge on any atom is 0.341 e. The number of rotatable bonds is 0. The van der Waals surface area contributed by atoms with Crippen LogP contribution >= 0.6 is 0 Å². The minimum absolute atomic E-state index is 0.0325. The molecule has 0 radical (unpaired) electrons. The Bertz CT molecular complexity index is 957. The molecular weight excluding hydrogens is 363 g/mol. The number of fused-ring (bicyclic) bond motifs is 2. The largest absolute Gasteiger partial charge is 0.460 e. The van der Waals surface area contributed by atoms with Gasteiger partial charge in [-0.1, -0.05) is 36.4 Å². The standard InChI is InChI=1S/C21H19FN2O4/c22-17-7-3-6-14-8-9-24(10-11-27-20(26)19(14)17)21-23-18(25)12-15-4-1-2-5-16(15)13-28-21/h1-7H,8-13H2/b23-21-. The van der Waals surface area contributed by atoms with Crippen molar-refractivity contribution in [2.24, 2.45) is 4.99 Å². The van der Waals surface area contributed by atoms with E-state index in [1.54, 1.807) is 17.0 Å². The Morgan fingerprint density at radius 2 is 1.71 bits per heavy atom. The second kappa shape index (κ2) is 7.80. The number of carbonyl (C=O) groups is 2. The van der Waals surface area contributed by atoms with E-state index in [0.29, 0.717) is 31.7 Å². The Morgan fingerprint density at radius 3 is 2.57 bits per heavy atom. The van der Waals surface area contributed by atoms with Crippen molar-refractivity contribution in [2.45, 2.75) is 19.4 Å². The first-order valence-corrected chi connectivity index (χ1v) is 9.12. The average Bonchev–Trinajstić information content (AvgIpc) is 2.74. The summed E-state index contributed by atoms with van der Waals surface area (Å²) >= 11 is 0. The number of esters is 1. The fourth-order valence-electron chi connectivity index (χ4n) is 3.40. The van der Waals surface area contributed by atoms with Crippen molar-refractivity contribution in [2.75, 3.05) is 19.7 Å². The minimum Gasteiger partial charge on any atom is -0.460 e. The molecule has 0 saturated carbocycles. The van der Waals surface area contributed by atoms with Crippen LogP contribution in [-0.4, -0.2) is 42.5 Å². The molecular formula is C21H19FN2O4. The summed E-state index contributed by atoms with van der Waals surface area (Å²) < 4.78 is 25.2. The van der Waals surface area contributed by atoms with Crippen molar-refractivity contribution >= 4 is 17.9 Å². The Balaban J connectivity index is 1.58. The predicted octanol–water partition coefficient (Wildman–Crippen LogP) is 2.50. The molecule has 2 heterocycles. The van der Waals surface area contributed by atoms with Gasteiger partial charge in [-0.3, -0.25) is 4.79 Å². The third kappa shape index (κ3) is 3.74. The van der Waals surface area contributed by atoms with Gasteiger partial charge in [0.25, 0.3) is 11.9 Å². The van der Waals surface area contributed by atoms with Crippen molar-refractivity contribution in [3.63, 3.8) is 0 Å². The van der Waals surface area contributed by atoms with Gasteiger partial charge in [0.2, 0.25) is 0 Å². The highest BCUT2D eigenvalue weighted by Crippen LogP contribution is 2.19. The lowest BCUT2D eigenvalue weighted by Crippen LogP contribution is -2.38. The highest BCUT2D eigenvalue weighted by molar-refractivity contribution is 5.93. The van der Waals surface area contributed by atoms with Crippen LogP contribution in [0, 0.1) is 5.82 Å². The van der Waals surface area contributed by atoms with E-state index in [9.17, 15) is 14.0 Å². The lowest BCUT2D eigenvalue weighted by molar-refractivity contribution is -0.117. The first-order chi connectivity index (χ1) is 13.6. The first-order valence-electron chi connectivity index (χ1n) is 9.12. The van der Waals surface area contributed by atoms with Crippen LogP contribution in [0.3, 0.4) is 0 Å². The maximum atomic E-state index is 14.1. The molecule has 2 aromatic carbocycles. The highest BCUT2D eigenvalue weighted by Gasteiger charge is 2.24. The van der Waals surface area contributed by atoms with E-state index in [-0.39, 0.29) is 30.5 Å². The normalized spacial score (nSPS) is 19.3. The summed E-state index contributed by atoms with van der Waals surface area (Å²) in [7, 11) is 0. The number of amidine groups is 1. The lowest BCUT2D eigenvalue weighted by Gasteiger charge is -2.26. The van der Waals surface area contributed by atoms with Crippen LogP contribution in [0.2, 0.25) is 0 Å². The highest BCUT2D eigenvalue weighted by atomic mass is 19.1. The zero-order chi connectivity index (χ0) is 19.5. The molecule has 0 atom stereocenters. The number of benzene rings is 2. The molecule has 0 unspecified atom stereocenters. The molecule has 0 aromatic heterocycles. The fourth-order valence-corrected chi connectivity index (χ4v) is 3.40. The molecule has 0 N–H and O–H groups in total. The van der Waals surface area contributed by atoms with E-state index < -0.39 is 11.8 Å². The van der Waals surface area contributed by atoms with E-state index in [4.69, 9.17) is 9.47 Å². The molecule has 28 heavy (non-hydrogen) atoms. The van der Waals surface area contributed by atoms with Gasteiger partial charge < -0.3 is 14.4 Å². The van der Waals surface area contributed by atoms with Crippen LogP contribution in [0.4, 0.5) is 4.39 Å². The first kappa shape index (κ1) is 18.2. The smallest absolute Gasteiger partial charge is 0.341 e. The zero-order valence-corrected chi connectivity index (χ0v) is 15.2. The topological polar surface area (TPSA) is 68.2 Å². The molecule has 6 nitrogen and oxygen atoms in total. The molecule has 1 amide bonds. The minimum atomic E-state index is -0.680. The lowest BCUT2D eigenvalue weighted by atomic mass is 10.0. The number of ether oxygens (including phenoxy) is 2. The van der Waals surface area contributed by atoms with Crippen LogP contribution in [0.5, 0.6) is 0 Å². The third-order valence-corrected chi connectivity index (χ3v) is 4.86. The third-order valence-electron chi connectivity index (χ3n) is 4.86. The maximum absolute atomic E-state index is 14.1. The van der Waals surface area contributed by atoms with Crippen LogP contribution in [0.25, 0.3) is 0 Å². The van der Waals surface area contributed by atoms with Gasteiger partial charge in [-0.15, -0.1) is 0 Å². The van der Waals surface area contributed by atoms with Gasteiger partial charge in [0.15, 0.2) is 0 Å². The molecule has 7 heteroatoms. The SMILES string of the molecule is O=C1Cc2ccccc2CO/C(N2CCOC(=O)c3c(F)cccc3CC2)=N\1. The summed E-state index contributed by atoms with van der Waals surface area (Å²) in [6, 6.07) is 12.3. The monoisotopic (exact) mass is 382 g/mol. The number of carbonyl (C=O) groups excluding carboxylic acids is 2. The molecule has 0 aliphatic carbocycles. The van der Waals surface area contributed by atoms with Crippen molar-refractivity contribution < 1.29 is 23.5 Å². The van der Waals surface area contributed by atoms with E-state index in [0.717, 1.165) is 11.1 Å². The van der Waals surface area contributed by atoms with E-state index >= 15 is 0 Å². The quantitative estimate of drug-likeness (QED) is 0.655. The Hall–Kier alpha value is -3.22. The van der Waals surface area contributed by atoms with E-state index in [1.165, 1.54) is 6.07 Å². The van der Waals surface area contributed by atoms with Crippen molar-refractivity contribution in [1.82, 2.24) is 4.90 Å². The molecule has 0 fully saturated rings. The number of aliphatic imine (C=N–C) groups is 1. The van der Waals surface area contributed by atoms with Gasteiger partial charge in [-0.05, 0) is 29.2 Å². The van der Waals surface area contributed by atoms with Gasteiger partial charge in [-0.25, -0.2) is 9.18 Å². The second-order valence-corrected chi connectivity index (χ2v) is 6.67.